The molecule has 2 fully saturated rings. The molecular formula is C26H29F6N7O4. The van der Waals surface area contributed by atoms with Crippen LogP contribution in [0.5, 0.6) is 5.88 Å². The fourth-order valence-electron chi connectivity index (χ4n) is 5.22. The molecule has 17 heteroatoms. The monoisotopic (exact) mass is 617 g/mol. The number of ether oxygens (including phenoxy) is 1. The highest BCUT2D eigenvalue weighted by atomic mass is 19.4. The maximum absolute atomic E-state index is 14.0. The van der Waals surface area contributed by atoms with Crippen LogP contribution in [0.1, 0.15) is 85.2 Å². The number of carbonyl (C=O) groups is 2. The lowest BCUT2D eigenvalue weighted by atomic mass is 9.81. The zero-order valence-electron chi connectivity index (χ0n) is 22.7. The van der Waals surface area contributed by atoms with E-state index in [1.165, 1.54) is 16.9 Å². The van der Waals surface area contributed by atoms with Gasteiger partial charge in [-0.1, -0.05) is 0 Å². The second kappa shape index (κ2) is 12.4. The summed E-state index contributed by atoms with van der Waals surface area (Å²) >= 11 is 0. The van der Waals surface area contributed by atoms with Crippen molar-refractivity contribution in [3.8, 4) is 5.88 Å². The molecule has 2 aliphatic rings. The van der Waals surface area contributed by atoms with Crippen LogP contribution in [0, 0.1) is 11.8 Å². The third-order valence-electron chi connectivity index (χ3n) is 7.59. The van der Waals surface area contributed by atoms with Crippen LogP contribution in [0.2, 0.25) is 0 Å². The third kappa shape index (κ3) is 7.73. The summed E-state index contributed by atoms with van der Waals surface area (Å²) in [5.74, 6) is -5.07. The van der Waals surface area contributed by atoms with E-state index in [0.717, 1.165) is 12.8 Å². The van der Waals surface area contributed by atoms with Crippen LogP contribution in [-0.2, 0) is 4.79 Å². The van der Waals surface area contributed by atoms with Crippen molar-refractivity contribution in [1.82, 2.24) is 35.5 Å². The number of hydrogen-bond acceptors (Lipinski definition) is 8. The van der Waals surface area contributed by atoms with Gasteiger partial charge >= 0.3 is 6.18 Å². The molecule has 234 valence electrons. The molecule has 0 saturated heterocycles. The average Bonchev–Trinajstić information content (AvgIpc) is 3.53. The number of nitrogens with zero attached hydrogens (tertiary/aromatic N) is 5. The van der Waals surface area contributed by atoms with Crippen LogP contribution in [-0.4, -0.2) is 62.1 Å². The smallest absolute Gasteiger partial charge is 0.389 e. The first-order chi connectivity index (χ1) is 20.4. The van der Waals surface area contributed by atoms with E-state index < -0.39 is 61.4 Å². The maximum atomic E-state index is 14.0. The van der Waals surface area contributed by atoms with E-state index in [1.807, 2.05) is 0 Å². The minimum absolute atomic E-state index is 0.0364. The molecule has 0 aromatic carbocycles. The van der Waals surface area contributed by atoms with Crippen LogP contribution in [0.3, 0.4) is 0 Å². The van der Waals surface area contributed by atoms with Crippen molar-refractivity contribution in [1.29, 1.82) is 0 Å². The third-order valence-corrected chi connectivity index (χ3v) is 7.59. The Hall–Kier alpha value is -3.92. The number of nitrogens with one attached hydrogen (secondary N) is 2. The molecule has 2 aliphatic carbocycles. The number of carbonyl (C=O) groups excluding carboxylic acids is 2. The molecule has 2 saturated carbocycles. The molecule has 0 unspecified atom stereocenters. The molecular weight excluding hydrogens is 588 g/mol. The standard InChI is InChI=1S/C26H29F6N7O4/c27-9-10-42-24-22(37-43-38-24)23(41)36-21(15-3-6-25(28,29)7-4-15)17-13-39-18(34-17)11-16(12-33-39)20(14-1-2-14)35-19(40)5-8-26(30,31)32/h11-15,20-21H,1-10H2,(H,35,40)(H,36,41)/t20-,21+/m1/s1. The average molecular weight is 618 g/mol. The topological polar surface area (TPSA) is 137 Å². The number of amides is 2. The normalized spacial score (nSPS) is 18.7. The molecule has 0 spiro atoms. The van der Waals surface area contributed by atoms with Gasteiger partial charge in [0.1, 0.15) is 13.3 Å². The van der Waals surface area contributed by atoms with Gasteiger partial charge in [0.15, 0.2) is 5.65 Å². The zero-order valence-corrected chi connectivity index (χ0v) is 22.7. The largest absolute Gasteiger partial charge is 0.471 e. The van der Waals surface area contributed by atoms with Crippen LogP contribution in [0.25, 0.3) is 5.65 Å². The lowest BCUT2D eigenvalue weighted by molar-refractivity contribution is -0.144. The van der Waals surface area contributed by atoms with Gasteiger partial charge in [-0.25, -0.2) is 27.3 Å². The fraction of sp³-hybridized carbons (Fsp3) is 0.615. The number of imidazole rings is 1. The van der Waals surface area contributed by atoms with Crippen molar-refractivity contribution >= 4 is 17.5 Å². The van der Waals surface area contributed by atoms with Gasteiger partial charge in [0, 0.05) is 19.3 Å². The van der Waals surface area contributed by atoms with E-state index >= 15 is 0 Å². The molecule has 0 aliphatic heterocycles. The predicted molar refractivity (Wildman–Crippen MR) is 135 cm³/mol. The number of aromatic nitrogens is 5. The number of rotatable bonds is 12. The summed E-state index contributed by atoms with van der Waals surface area (Å²) in [5, 5.41) is 16.8. The lowest BCUT2D eigenvalue weighted by Crippen LogP contribution is -2.37. The molecule has 11 nitrogen and oxygen atoms in total. The van der Waals surface area contributed by atoms with Crippen molar-refractivity contribution in [2.75, 3.05) is 13.3 Å². The summed E-state index contributed by atoms with van der Waals surface area (Å²) in [7, 11) is 0. The zero-order chi connectivity index (χ0) is 30.8. The highest BCUT2D eigenvalue weighted by Gasteiger charge is 2.40. The van der Waals surface area contributed by atoms with Crippen molar-refractivity contribution < 1.29 is 45.3 Å². The highest BCUT2D eigenvalue weighted by molar-refractivity contribution is 5.94. The molecule has 0 bridgehead atoms. The van der Waals surface area contributed by atoms with E-state index in [2.05, 4.69) is 35.7 Å². The van der Waals surface area contributed by atoms with Crippen molar-refractivity contribution in [3.63, 3.8) is 0 Å². The summed E-state index contributed by atoms with van der Waals surface area (Å²) in [5.41, 5.74) is 0.831. The van der Waals surface area contributed by atoms with Gasteiger partial charge in [-0.2, -0.15) is 18.3 Å². The molecule has 5 rings (SSSR count). The fourth-order valence-corrected chi connectivity index (χ4v) is 5.22. The maximum Gasteiger partial charge on any atom is 0.389 e. The highest BCUT2D eigenvalue weighted by Crippen LogP contribution is 2.43. The lowest BCUT2D eigenvalue weighted by Gasteiger charge is -2.33. The van der Waals surface area contributed by atoms with Crippen LogP contribution in [0.4, 0.5) is 26.3 Å². The molecule has 2 amide bonds. The Morgan fingerprint density at radius 2 is 1.81 bits per heavy atom. The first-order valence-corrected chi connectivity index (χ1v) is 13.8. The second-order valence-corrected chi connectivity index (χ2v) is 10.9. The quantitative estimate of drug-likeness (QED) is 0.280. The summed E-state index contributed by atoms with van der Waals surface area (Å²) in [6.07, 6.45) is -2.40. The van der Waals surface area contributed by atoms with Gasteiger partial charge in [-0.05, 0) is 59.5 Å². The van der Waals surface area contributed by atoms with Crippen LogP contribution in [0.15, 0.2) is 23.1 Å². The van der Waals surface area contributed by atoms with Gasteiger partial charge < -0.3 is 15.4 Å². The second-order valence-electron chi connectivity index (χ2n) is 10.9. The van der Waals surface area contributed by atoms with Gasteiger partial charge in [0.05, 0.1) is 36.6 Å². The molecule has 3 aromatic rings. The molecule has 43 heavy (non-hydrogen) atoms. The molecule has 2 atom stereocenters. The SMILES string of the molecule is O=C(CCC(F)(F)F)N[C@@H](c1cnn2cc([C@@H](NC(=O)c3nonc3OCCF)C3CCC(F)(F)CC3)nc2c1)C1CC1. The number of halogens is 6. The Balaban J connectivity index is 1.39. The minimum Gasteiger partial charge on any atom is -0.471 e. The van der Waals surface area contributed by atoms with Crippen LogP contribution >= 0.6 is 0 Å². The van der Waals surface area contributed by atoms with E-state index in [1.54, 1.807) is 6.07 Å². The van der Waals surface area contributed by atoms with Crippen molar-refractivity contribution in [2.24, 2.45) is 11.8 Å². The van der Waals surface area contributed by atoms with Gasteiger partial charge in [0.25, 0.3) is 11.8 Å². The summed E-state index contributed by atoms with van der Waals surface area (Å²) in [6, 6.07) is 0.222. The number of fused-ring (bicyclic) bond motifs is 1. The summed E-state index contributed by atoms with van der Waals surface area (Å²) in [6.45, 7) is -1.23. The minimum atomic E-state index is -4.45. The van der Waals surface area contributed by atoms with Gasteiger partial charge in [0.2, 0.25) is 17.5 Å². The van der Waals surface area contributed by atoms with E-state index in [0.29, 0.717) is 16.9 Å². The summed E-state index contributed by atoms with van der Waals surface area (Å²) in [4.78, 5) is 30.0. The van der Waals surface area contributed by atoms with Crippen LogP contribution < -0.4 is 15.4 Å². The Morgan fingerprint density at radius 3 is 2.49 bits per heavy atom. The molecule has 0 radical (unpaired) electrons. The Morgan fingerprint density at radius 1 is 1.09 bits per heavy atom. The number of hydrogen-bond donors (Lipinski definition) is 2. The van der Waals surface area contributed by atoms with E-state index in [4.69, 9.17) is 4.74 Å². The number of alkyl halides is 6. The Bertz CT molecular complexity index is 1430. The predicted octanol–water partition coefficient (Wildman–Crippen LogP) is 4.67. The van der Waals surface area contributed by atoms with E-state index in [-0.39, 0.29) is 49.8 Å². The van der Waals surface area contributed by atoms with Gasteiger partial charge in [-0.15, -0.1) is 0 Å². The molecule has 2 N–H and O–H groups in total. The Kier molecular flexibility index (Phi) is 8.78. The van der Waals surface area contributed by atoms with E-state index in [9.17, 15) is 35.9 Å². The van der Waals surface area contributed by atoms with Crippen molar-refractivity contribution in [2.45, 2.75) is 75.5 Å². The molecule has 3 heterocycles. The first-order valence-electron chi connectivity index (χ1n) is 13.8. The molecule has 3 aromatic heterocycles. The summed E-state index contributed by atoms with van der Waals surface area (Å²) < 4.78 is 89.4. The Labute approximate surface area is 240 Å². The van der Waals surface area contributed by atoms with Gasteiger partial charge in [-0.3, -0.25) is 9.59 Å². The van der Waals surface area contributed by atoms with Crippen molar-refractivity contribution in [3.05, 3.63) is 35.4 Å². The first kappa shape index (κ1) is 30.5.